The van der Waals surface area contributed by atoms with Gasteiger partial charge in [-0.1, -0.05) is 6.58 Å². The molecule has 0 spiro atoms. The van der Waals surface area contributed by atoms with Crippen LogP contribution in [-0.2, 0) is 6.54 Å². The maximum absolute atomic E-state index is 11.5. The van der Waals surface area contributed by atoms with Crippen molar-refractivity contribution in [2.24, 2.45) is 5.73 Å². The summed E-state index contributed by atoms with van der Waals surface area (Å²) in [5.41, 5.74) is 4.87. The van der Waals surface area contributed by atoms with E-state index in [1.807, 2.05) is 0 Å². The number of aromatic nitrogens is 1. The zero-order chi connectivity index (χ0) is 11.4. The molecule has 2 N–H and O–H groups in total. The SMILES string of the molecule is C=C(CN)Cn1cccc([N+](=O)[O-])c1=O. The topological polar surface area (TPSA) is 91.2 Å². The fourth-order valence-electron chi connectivity index (χ4n) is 1.09. The lowest BCUT2D eigenvalue weighted by molar-refractivity contribution is -0.386. The Labute approximate surface area is 85.8 Å². The molecule has 0 aliphatic carbocycles. The third-order valence-corrected chi connectivity index (χ3v) is 1.88. The zero-order valence-corrected chi connectivity index (χ0v) is 8.05. The van der Waals surface area contributed by atoms with Gasteiger partial charge in [0.1, 0.15) is 0 Å². The molecule has 1 aromatic heterocycles. The van der Waals surface area contributed by atoms with E-state index < -0.39 is 16.2 Å². The third kappa shape index (κ3) is 2.50. The molecule has 1 heterocycles. The average Bonchev–Trinajstić information content (AvgIpc) is 2.20. The summed E-state index contributed by atoms with van der Waals surface area (Å²) in [7, 11) is 0. The molecule has 6 heteroatoms. The Morgan fingerprint density at radius 2 is 2.33 bits per heavy atom. The second kappa shape index (κ2) is 4.52. The number of pyridine rings is 1. The molecule has 15 heavy (non-hydrogen) atoms. The van der Waals surface area contributed by atoms with Gasteiger partial charge in [0.05, 0.1) is 4.92 Å². The first-order valence-electron chi connectivity index (χ1n) is 4.27. The largest absolute Gasteiger partial charge is 0.334 e. The van der Waals surface area contributed by atoms with Gasteiger partial charge in [0.2, 0.25) is 0 Å². The Bertz CT molecular complexity index is 450. The van der Waals surface area contributed by atoms with Crippen molar-refractivity contribution in [3.8, 4) is 0 Å². The predicted molar refractivity (Wildman–Crippen MR) is 55.6 cm³/mol. The Kier molecular flexibility index (Phi) is 3.35. The fourth-order valence-corrected chi connectivity index (χ4v) is 1.09. The number of rotatable bonds is 4. The van der Waals surface area contributed by atoms with Crippen molar-refractivity contribution in [1.82, 2.24) is 4.57 Å². The van der Waals surface area contributed by atoms with Crippen LogP contribution in [0.15, 0.2) is 35.3 Å². The number of nitrogens with two attached hydrogens (primary N) is 1. The van der Waals surface area contributed by atoms with Crippen LogP contribution in [0.2, 0.25) is 0 Å². The molecule has 0 aliphatic heterocycles. The quantitative estimate of drug-likeness (QED) is 0.437. The van der Waals surface area contributed by atoms with Gasteiger partial charge >= 0.3 is 11.2 Å². The summed E-state index contributed by atoms with van der Waals surface area (Å²) in [5, 5.41) is 10.5. The van der Waals surface area contributed by atoms with E-state index in [-0.39, 0.29) is 13.1 Å². The van der Waals surface area contributed by atoms with E-state index in [1.165, 1.54) is 22.9 Å². The predicted octanol–water partition coefficient (Wildman–Crippen LogP) is 0.271. The number of hydrogen-bond acceptors (Lipinski definition) is 4. The molecule has 0 amide bonds. The summed E-state index contributed by atoms with van der Waals surface area (Å²) in [6, 6.07) is 2.62. The number of nitrogens with zero attached hydrogens (tertiary/aromatic N) is 2. The van der Waals surface area contributed by atoms with Crippen molar-refractivity contribution in [2.75, 3.05) is 6.54 Å². The van der Waals surface area contributed by atoms with Gasteiger partial charge in [-0.2, -0.15) is 0 Å². The number of nitro groups is 1. The first-order valence-corrected chi connectivity index (χ1v) is 4.27. The van der Waals surface area contributed by atoms with Crippen LogP contribution in [0.25, 0.3) is 0 Å². The first-order chi connectivity index (χ1) is 7.06. The van der Waals surface area contributed by atoms with Crippen LogP contribution in [0.3, 0.4) is 0 Å². The molecular formula is C9H11N3O3. The fraction of sp³-hybridized carbons (Fsp3) is 0.222. The standard InChI is InChI=1S/C9H11N3O3/c1-7(5-10)6-11-4-2-3-8(9(11)13)12(14)15/h2-4H,1,5-6,10H2. The van der Waals surface area contributed by atoms with Crippen molar-refractivity contribution < 1.29 is 4.92 Å². The van der Waals surface area contributed by atoms with Gasteiger partial charge < -0.3 is 10.3 Å². The summed E-state index contributed by atoms with van der Waals surface area (Å²) in [5.74, 6) is 0. The van der Waals surface area contributed by atoms with Crippen LogP contribution in [0.5, 0.6) is 0 Å². The molecule has 0 saturated heterocycles. The average molecular weight is 209 g/mol. The summed E-state index contributed by atoms with van der Waals surface area (Å²) < 4.78 is 1.22. The van der Waals surface area contributed by atoms with Crippen LogP contribution in [0.1, 0.15) is 0 Å². The van der Waals surface area contributed by atoms with Crippen molar-refractivity contribution in [3.63, 3.8) is 0 Å². The maximum Gasteiger partial charge on any atom is 0.334 e. The first kappa shape index (κ1) is 11.1. The van der Waals surface area contributed by atoms with Gasteiger partial charge in [-0.05, 0) is 11.6 Å². The van der Waals surface area contributed by atoms with Crippen molar-refractivity contribution in [2.45, 2.75) is 6.54 Å². The Balaban J connectivity index is 3.11. The highest BCUT2D eigenvalue weighted by molar-refractivity contribution is 5.25. The second-order valence-corrected chi connectivity index (χ2v) is 3.04. The van der Waals surface area contributed by atoms with Crippen molar-refractivity contribution in [1.29, 1.82) is 0 Å². The molecule has 0 bridgehead atoms. The van der Waals surface area contributed by atoms with E-state index in [0.29, 0.717) is 5.57 Å². The molecule has 0 aromatic carbocycles. The third-order valence-electron chi connectivity index (χ3n) is 1.88. The molecule has 1 aromatic rings. The summed E-state index contributed by atoms with van der Waals surface area (Å²) in [6.07, 6.45) is 1.47. The van der Waals surface area contributed by atoms with Gasteiger partial charge in [0.25, 0.3) is 0 Å². The van der Waals surface area contributed by atoms with E-state index in [2.05, 4.69) is 6.58 Å². The Hall–Kier alpha value is -1.95. The highest BCUT2D eigenvalue weighted by Crippen LogP contribution is 2.02. The molecule has 0 radical (unpaired) electrons. The van der Waals surface area contributed by atoms with Gasteiger partial charge in [-0.15, -0.1) is 0 Å². The summed E-state index contributed by atoms with van der Waals surface area (Å²) >= 11 is 0. The Morgan fingerprint density at radius 1 is 1.67 bits per heavy atom. The minimum atomic E-state index is -0.704. The molecule has 1 rings (SSSR count). The van der Waals surface area contributed by atoms with E-state index in [4.69, 9.17) is 5.73 Å². The smallest absolute Gasteiger partial charge is 0.327 e. The molecule has 80 valence electrons. The Morgan fingerprint density at radius 3 is 2.87 bits per heavy atom. The molecule has 6 nitrogen and oxygen atoms in total. The lowest BCUT2D eigenvalue weighted by Gasteiger charge is -2.05. The lowest BCUT2D eigenvalue weighted by atomic mass is 10.3. The van der Waals surface area contributed by atoms with E-state index >= 15 is 0 Å². The van der Waals surface area contributed by atoms with Gasteiger partial charge in [-0.25, -0.2) is 0 Å². The van der Waals surface area contributed by atoms with Crippen molar-refractivity contribution in [3.05, 3.63) is 50.9 Å². The highest BCUT2D eigenvalue weighted by atomic mass is 16.6. The van der Waals surface area contributed by atoms with Crippen LogP contribution < -0.4 is 11.3 Å². The minimum Gasteiger partial charge on any atom is -0.327 e. The molecule has 0 atom stereocenters. The minimum absolute atomic E-state index is 0.205. The summed E-state index contributed by atoms with van der Waals surface area (Å²) in [6.45, 7) is 4.08. The summed E-state index contributed by atoms with van der Waals surface area (Å²) in [4.78, 5) is 21.3. The van der Waals surface area contributed by atoms with Crippen LogP contribution in [-0.4, -0.2) is 16.0 Å². The van der Waals surface area contributed by atoms with Crippen LogP contribution in [0, 0.1) is 10.1 Å². The molecule has 0 aliphatic rings. The maximum atomic E-state index is 11.5. The van der Waals surface area contributed by atoms with E-state index in [9.17, 15) is 14.9 Å². The van der Waals surface area contributed by atoms with Gasteiger partial charge in [0.15, 0.2) is 0 Å². The van der Waals surface area contributed by atoms with Crippen LogP contribution in [0.4, 0.5) is 5.69 Å². The second-order valence-electron chi connectivity index (χ2n) is 3.04. The van der Waals surface area contributed by atoms with Crippen molar-refractivity contribution >= 4 is 5.69 Å². The monoisotopic (exact) mass is 209 g/mol. The van der Waals surface area contributed by atoms with Gasteiger partial charge in [0, 0.05) is 25.4 Å². The van der Waals surface area contributed by atoms with Gasteiger partial charge in [-0.3, -0.25) is 14.9 Å². The lowest BCUT2D eigenvalue weighted by Crippen LogP contribution is -2.23. The highest BCUT2D eigenvalue weighted by Gasteiger charge is 2.13. The van der Waals surface area contributed by atoms with E-state index in [1.54, 1.807) is 0 Å². The normalized spacial score (nSPS) is 9.93. The molecule has 0 saturated carbocycles. The number of hydrogen-bond donors (Lipinski definition) is 1. The molecular weight excluding hydrogens is 198 g/mol. The van der Waals surface area contributed by atoms with E-state index in [0.717, 1.165) is 0 Å². The molecule has 0 fully saturated rings. The zero-order valence-electron chi connectivity index (χ0n) is 8.05. The molecule has 0 unspecified atom stereocenters. The van der Waals surface area contributed by atoms with Crippen LogP contribution >= 0.6 is 0 Å².